The molecule has 33 heavy (non-hydrogen) atoms. The zero-order valence-corrected chi connectivity index (χ0v) is 19.8. The van der Waals surface area contributed by atoms with Crippen molar-refractivity contribution in [2.24, 2.45) is 5.73 Å². The molecule has 188 valence electrons. The molecule has 10 nitrogen and oxygen atoms in total. The van der Waals surface area contributed by atoms with Crippen molar-refractivity contribution in [1.82, 2.24) is 15.2 Å². The van der Waals surface area contributed by atoms with E-state index in [4.69, 9.17) is 29.4 Å². The fourth-order valence-electron chi connectivity index (χ4n) is 3.49. The lowest BCUT2D eigenvalue weighted by atomic mass is 10.1. The molecule has 1 aromatic heterocycles. The van der Waals surface area contributed by atoms with Crippen molar-refractivity contribution >= 4 is 5.91 Å². The smallest absolute Gasteiger partial charge is 0.222 e. The van der Waals surface area contributed by atoms with Crippen LogP contribution in [0.5, 0.6) is 5.75 Å². The first-order valence-corrected chi connectivity index (χ1v) is 11.8. The predicted molar refractivity (Wildman–Crippen MR) is 124 cm³/mol. The molecule has 2 heterocycles. The highest BCUT2D eigenvalue weighted by atomic mass is 16.6. The number of hydrogen-bond acceptors (Lipinski definition) is 9. The molecule has 1 aliphatic rings. The third kappa shape index (κ3) is 12.3. The van der Waals surface area contributed by atoms with Gasteiger partial charge >= 0.3 is 0 Å². The van der Waals surface area contributed by atoms with Gasteiger partial charge in [-0.3, -0.25) is 14.7 Å². The number of ether oxygens (including phenoxy) is 5. The molecular weight excluding hydrogens is 428 g/mol. The number of rotatable bonds is 19. The molecule has 10 heteroatoms. The average molecular weight is 469 g/mol. The monoisotopic (exact) mass is 468 g/mol. The number of hydrogen-bond donors (Lipinski definition) is 2. The largest absolute Gasteiger partial charge is 0.490 e. The second-order valence-electron chi connectivity index (χ2n) is 7.78. The summed E-state index contributed by atoms with van der Waals surface area (Å²) in [5, 5.41) is 2.84. The molecule has 1 fully saturated rings. The van der Waals surface area contributed by atoms with Crippen molar-refractivity contribution < 1.29 is 28.5 Å². The standard InChI is InChI=1S/C23H40N4O6/c1-27-7-2-3-22(27)20-17-21(19-25-18-20)33-10-6-26-23(28)4-8-29-11-13-31-15-16-32-14-12-30-9-5-24/h17-19,22H,2-16,24H2,1H3,(H,26,28)/t22-/m0/s1. The van der Waals surface area contributed by atoms with Crippen molar-refractivity contribution in [3.63, 3.8) is 0 Å². The third-order valence-electron chi connectivity index (χ3n) is 5.18. The van der Waals surface area contributed by atoms with Gasteiger partial charge in [-0.25, -0.2) is 0 Å². The SMILES string of the molecule is CN1CCC[C@H]1c1cncc(OCCNC(=O)CCOCCOCCOCCOCCN)c1. The number of nitrogens with two attached hydrogens (primary N) is 1. The average Bonchev–Trinajstić information content (AvgIpc) is 3.26. The van der Waals surface area contributed by atoms with Gasteiger partial charge in [0, 0.05) is 25.2 Å². The Balaban J connectivity index is 1.40. The maximum absolute atomic E-state index is 11.9. The maximum atomic E-state index is 11.9. The summed E-state index contributed by atoms with van der Waals surface area (Å²) in [6, 6.07) is 2.45. The van der Waals surface area contributed by atoms with Crippen molar-refractivity contribution in [3.05, 3.63) is 24.0 Å². The van der Waals surface area contributed by atoms with Crippen LogP contribution in [0.1, 0.15) is 30.9 Å². The predicted octanol–water partition coefficient (Wildman–Crippen LogP) is 0.759. The summed E-state index contributed by atoms with van der Waals surface area (Å²) >= 11 is 0. The van der Waals surface area contributed by atoms with E-state index in [1.165, 1.54) is 12.0 Å². The summed E-state index contributed by atoms with van der Waals surface area (Å²) < 4.78 is 27.1. The molecular formula is C23H40N4O6. The van der Waals surface area contributed by atoms with E-state index in [0.29, 0.717) is 85.0 Å². The molecule has 1 saturated heterocycles. The van der Waals surface area contributed by atoms with Crippen molar-refractivity contribution in [2.45, 2.75) is 25.3 Å². The first-order chi connectivity index (χ1) is 16.2. The molecule has 3 N–H and O–H groups in total. The summed E-state index contributed by atoms with van der Waals surface area (Å²) in [5.41, 5.74) is 6.50. The van der Waals surface area contributed by atoms with E-state index >= 15 is 0 Å². The van der Waals surface area contributed by atoms with Crippen molar-refractivity contribution in [3.8, 4) is 5.75 Å². The van der Waals surface area contributed by atoms with Crippen LogP contribution >= 0.6 is 0 Å². The van der Waals surface area contributed by atoms with Gasteiger partial charge in [-0.15, -0.1) is 0 Å². The Morgan fingerprint density at radius 2 is 1.70 bits per heavy atom. The Morgan fingerprint density at radius 3 is 2.33 bits per heavy atom. The number of nitrogens with one attached hydrogen (secondary N) is 1. The Bertz CT molecular complexity index is 651. The first-order valence-electron chi connectivity index (χ1n) is 11.8. The lowest BCUT2D eigenvalue weighted by Gasteiger charge is -2.19. The molecule has 0 aliphatic carbocycles. The number of pyridine rings is 1. The van der Waals surface area contributed by atoms with Crippen LogP contribution in [-0.4, -0.2) is 102 Å². The Morgan fingerprint density at radius 1 is 1.03 bits per heavy atom. The van der Waals surface area contributed by atoms with E-state index in [9.17, 15) is 4.79 Å². The summed E-state index contributed by atoms with van der Waals surface area (Å²) in [6.07, 6.45) is 6.27. The van der Waals surface area contributed by atoms with Gasteiger partial charge < -0.3 is 34.7 Å². The minimum Gasteiger partial charge on any atom is -0.490 e. The fraction of sp³-hybridized carbons (Fsp3) is 0.739. The fourth-order valence-corrected chi connectivity index (χ4v) is 3.49. The molecule has 0 bridgehead atoms. The number of amides is 1. The molecule has 1 aromatic rings. The summed E-state index contributed by atoms with van der Waals surface area (Å²) in [5.74, 6) is 0.667. The van der Waals surface area contributed by atoms with Crippen LogP contribution in [0.15, 0.2) is 18.5 Å². The first kappa shape index (κ1) is 27.4. The summed E-state index contributed by atoms with van der Waals surface area (Å²) in [4.78, 5) is 18.5. The van der Waals surface area contributed by atoms with Gasteiger partial charge in [0.15, 0.2) is 0 Å². The number of carbonyl (C=O) groups excluding carboxylic acids is 1. The topological polar surface area (TPSA) is 117 Å². The zero-order valence-electron chi connectivity index (χ0n) is 19.8. The van der Waals surface area contributed by atoms with E-state index in [1.807, 2.05) is 12.3 Å². The zero-order chi connectivity index (χ0) is 23.6. The van der Waals surface area contributed by atoms with Gasteiger partial charge in [-0.2, -0.15) is 0 Å². The molecule has 1 aliphatic heterocycles. The number of carbonyl (C=O) groups is 1. The van der Waals surface area contributed by atoms with Crippen LogP contribution in [0.25, 0.3) is 0 Å². The number of nitrogens with zero attached hydrogens (tertiary/aromatic N) is 2. The maximum Gasteiger partial charge on any atom is 0.222 e. The van der Waals surface area contributed by atoms with E-state index in [-0.39, 0.29) is 5.91 Å². The normalized spacial score (nSPS) is 16.2. The highest BCUT2D eigenvalue weighted by Crippen LogP contribution is 2.31. The second-order valence-corrected chi connectivity index (χ2v) is 7.78. The molecule has 2 rings (SSSR count). The molecule has 0 saturated carbocycles. The van der Waals surface area contributed by atoms with Crippen LogP contribution in [0.3, 0.4) is 0 Å². The quantitative estimate of drug-likeness (QED) is 0.284. The third-order valence-corrected chi connectivity index (χ3v) is 5.18. The van der Waals surface area contributed by atoms with E-state index in [2.05, 4.69) is 22.2 Å². The molecule has 1 atom stereocenters. The van der Waals surface area contributed by atoms with Gasteiger partial charge in [0.1, 0.15) is 12.4 Å². The van der Waals surface area contributed by atoms with Gasteiger partial charge in [0.2, 0.25) is 5.91 Å². The number of aromatic nitrogens is 1. The minimum atomic E-state index is -0.0655. The second kappa shape index (κ2) is 17.6. The van der Waals surface area contributed by atoms with Crippen LogP contribution < -0.4 is 15.8 Å². The Hall–Kier alpha value is -1.82. The molecule has 0 spiro atoms. The highest BCUT2D eigenvalue weighted by molar-refractivity contribution is 5.75. The Labute approximate surface area is 197 Å². The van der Waals surface area contributed by atoms with E-state index in [0.717, 1.165) is 18.7 Å². The van der Waals surface area contributed by atoms with Crippen molar-refractivity contribution in [2.75, 3.05) is 86.1 Å². The summed E-state index contributed by atoms with van der Waals surface area (Å²) in [6.45, 7) is 6.34. The van der Waals surface area contributed by atoms with Crippen LogP contribution in [0.2, 0.25) is 0 Å². The Kier molecular flexibility index (Phi) is 14.7. The van der Waals surface area contributed by atoms with E-state index in [1.54, 1.807) is 6.20 Å². The number of likely N-dealkylation sites (tertiary alicyclic amines) is 1. The van der Waals surface area contributed by atoms with E-state index < -0.39 is 0 Å². The molecule has 0 aromatic carbocycles. The highest BCUT2D eigenvalue weighted by Gasteiger charge is 2.23. The lowest BCUT2D eigenvalue weighted by Crippen LogP contribution is -2.29. The van der Waals surface area contributed by atoms with Gasteiger partial charge in [-0.1, -0.05) is 0 Å². The van der Waals surface area contributed by atoms with Crippen LogP contribution in [0.4, 0.5) is 0 Å². The van der Waals surface area contributed by atoms with Gasteiger partial charge in [0.05, 0.1) is 65.6 Å². The van der Waals surface area contributed by atoms with Gasteiger partial charge in [0.25, 0.3) is 0 Å². The molecule has 0 unspecified atom stereocenters. The molecule has 0 radical (unpaired) electrons. The summed E-state index contributed by atoms with van der Waals surface area (Å²) in [7, 11) is 2.14. The van der Waals surface area contributed by atoms with Crippen molar-refractivity contribution in [1.29, 1.82) is 0 Å². The van der Waals surface area contributed by atoms with Gasteiger partial charge in [-0.05, 0) is 38.1 Å². The lowest BCUT2D eigenvalue weighted by molar-refractivity contribution is -0.122. The van der Waals surface area contributed by atoms with Crippen LogP contribution in [-0.2, 0) is 23.7 Å². The molecule has 1 amide bonds. The van der Waals surface area contributed by atoms with Crippen LogP contribution in [0, 0.1) is 0 Å². The minimum absolute atomic E-state index is 0.0655.